The van der Waals surface area contributed by atoms with Crippen molar-refractivity contribution in [3.05, 3.63) is 58.6 Å². The number of carbonyl (C=O) groups is 3. The van der Waals surface area contributed by atoms with Gasteiger partial charge in [0, 0.05) is 22.5 Å². The second-order valence-electron chi connectivity index (χ2n) is 7.70. The summed E-state index contributed by atoms with van der Waals surface area (Å²) in [5, 5.41) is 22.9. The summed E-state index contributed by atoms with van der Waals surface area (Å²) in [4.78, 5) is 36.6. The number of allylic oxidation sites excluding steroid dienone is 1. The number of fused-ring (bicyclic) bond motifs is 2. The molecule has 1 saturated carbocycles. The number of rotatable bonds is 4. The predicted molar refractivity (Wildman–Crippen MR) is 111 cm³/mol. The summed E-state index contributed by atoms with van der Waals surface area (Å²) in [6.45, 7) is -0.634. The van der Waals surface area contributed by atoms with Crippen LogP contribution in [0.15, 0.2) is 47.9 Å². The second-order valence-corrected chi connectivity index (χ2v) is 8.14. The number of aliphatic hydroxyl groups is 1. The van der Waals surface area contributed by atoms with Gasteiger partial charge < -0.3 is 15.5 Å². The third-order valence-electron chi connectivity index (χ3n) is 5.95. The van der Waals surface area contributed by atoms with Crippen LogP contribution in [0.4, 0.5) is 0 Å². The van der Waals surface area contributed by atoms with E-state index in [0.29, 0.717) is 23.6 Å². The van der Waals surface area contributed by atoms with Gasteiger partial charge in [0.25, 0.3) is 11.8 Å². The van der Waals surface area contributed by atoms with Gasteiger partial charge in [-0.3, -0.25) is 19.0 Å². The number of aliphatic carboxylic acids is 1. The predicted octanol–water partition coefficient (Wildman–Crippen LogP) is 3.68. The van der Waals surface area contributed by atoms with Crippen LogP contribution in [0.3, 0.4) is 0 Å². The van der Waals surface area contributed by atoms with Crippen molar-refractivity contribution in [2.45, 2.75) is 37.5 Å². The van der Waals surface area contributed by atoms with Crippen molar-refractivity contribution in [3.63, 3.8) is 0 Å². The lowest BCUT2D eigenvalue weighted by Crippen LogP contribution is -2.45. The first-order chi connectivity index (χ1) is 14.3. The minimum absolute atomic E-state index is 0.267. The number of carbonyl (C=O) groups excluding carboxylic acids is 2. The fraction of sp³-hybridized carbons (Fsp3) is 0.318. The van der Waals surface area contributed by atoms with E-state index in [-0.39, 0.29) is 11.3 Å². The molecule has 0 saturated heterocycles. The third-order valence-corrected chi connectivity index (χ3v) is 6.20. The quantitative estimate of drug-likeness (QED) is 0.644. The molecule has 30 heavy (non-hydrogen) atoms. The van der Waals surface area contributed by atoms with Gasteiger partial charge in [-0.1, -0.05) is 43.0 Å². The number of halogens is 1. The van der Waals surface area contributed by atoms with E-state index < -0.39 is 29.7 Å². The molecular weight excluding hydrogens is 408 g/mol. The van der Waals surface area contributed by atoms with Gasteiger partial charge in [-0.2, -0.15) is 0 Å². The Morgan fingerprint density at radius 2 is 1.77 bits per heavy atom. The molecule has 0 radical (unpaired) electrons. The van der Waals surface area contributed by atoms with Crippen molar-refractivity contribution in [2.75, 3.05) is 6.54 Å². The number of hydrogen-bond acceptors (Lipinski definition) is 4. The van der Waals surface area contributed by atoms with Crippen molar-refractivity contribution in [1.29, 1.82) is 0 Å². The molecule has 1 aliphatic heterocycles. The molecule has 1 amide bonds. The van der Waals surface area contributed by atoms with Gasteiger partial charge in [0.1, 0.15) is 17.9 Å². The lowest BCUT2D eigenvalue weighted by molar-refractivity contribution is -0.137. The fourth-order valence-corrected chi connectivity index (χ4v) is 4.73. The first-order valence-corrected chi connectivity index (χ1v) is 10.2. The molecule has 0 bridgehead atoms. The zero-order chi connectivity index (χ0) is 21.5. The minimum Gasteiger partial charge on any atom is -0.510 e. The highest BCUT2D eigenvalue weighted by molar-refractivity contribution is 6.30. The lowest BCUT2D eigenvalue weighted by atomic mass is 9.66. The molecule has 7 nitrogen and oxygen atoms in total. The first kappa shape index (κ1) is 20.2. The average Bonchev–Trinajstić information content (AvgIpc) is 3.18. The van der Waals surface area contributed by atoms with E-state index in [1.54, 1.807) is 24.4 Å². The Bertz CT molecular complexity index is 1060. The van der Waals surface area contributed by atoms with Gasteiger partial charge >= 0.3 is 5.97 Å². The van der Waals surface area contributed by atoms with E-state index in [2.05, 4.69) is 5.32 Å². The second kappa shape index (κ2) is 7.65. The van der Waals surface area contributed by atoms with Crippen molar-refractivity contribution < 1.29 is 24.6 Å². The number of hydrogen-bond donors (Lipinski definition) is 3. The first-order valence-electron chi connectivity index (χ1n) is 9.81. The van der Waals surface area contributed by atoms with Gasteiger partial charge in [-0.15, -0.1) is 0 Å². The number of aromatic nitrogens is 1. The Morgan fingerprint density at radius 3 is 2.40 bits per heavy atom. The van der Waals surface area contributed by atoms with Gasteiger partial charge in [0.05, 0.1) is 5.41 Å². The number of nitrogens with zero attached hydrogens (tertiary/aromatic N) is 1. The van der Waals surface area contributed by atoms with Crippen LogP contribution in [-0.4, -0.2) is 39.1 Å². The monoisotopic (exact) mass is 428 g/mol. The summed E-state index contributed by atoms with van der Waals surface area (Å²) in [5.74, 6) is -3.04. The highest BCUT2D eigenvalue weighted by Gasteiger charge is 2.49. The fourth-order valence-electron chi connectivity index (χ4n) is 4.60. The van der Waals surface area contributed by atoms with Gasteiger partial charge in [-0.25, -0.2) is 0 Å². The van der Waals surface area contributed by atoms with Crippen molar-refractivity contribution >= 4 is 29.4 Å². The maximum atomic E-state index is 13.2. The molecule has 0 unspecified atom stereocenters. The molecule has 4 rings (SSSR count). The zero-order valence-corrected chi connectivity index (χ0v) is 16.9. The molecule has 1 aliphatic carbocycles. The molecule has 2 aromatic rings. The summed E-state index contributed by atoms with van der Waals surface area (Å²) in [7, 11) is 0. The van der Waals surface area contributed by atoms with Crippen LogP contribution in [-0.2, 0) is 15.0 Å². The molecule has 0 atom stereocenters. The molecule has 1 fully saturated rings. The van der Waals surface area contributed by atoms with E-state index in [1.165, 1.54) is 4.57 Å². The normalized spacial score (nSPS) is 17.7. The third kappa shape index (κ3) is 3.19. The van der Waals surface area contributed by atoms with Crippen LogP contribution in [0.1, 0.15) is 42.6 Å². The Labute approximate surface area is 178 Å². The maximum absolute atomic E-state index is 13.2. The highest BCUT2D eigenvalue weighted by Crippen LogP contribution is 2.51. The molecule has 1 aromatic heterocycles. The number of carboxylic acid groups (broad SMARTS) is 1. The topological polar surface area (TPSA) is 109 Å². The number of amides is 1. The summed E-state index contributed by atoms with van der Waals surface area (Å²) < 4.78 is 1.42. The van der Waals surface area contributed by atoms with Crippen LogP contribution in [0.25, 0.3) is 11.1 Å². The molecule has 2 aliphatic rings. The maximum Gasteiger partial charge on any atom is 0.322 e. The van der Waals surface area contributed by atoms with Crippen molar-refractivity contribution in [1.82, 2.24) is 9.88 Å². The van der Waals surface area contributed by atoms with Crippen LogP contribution >= 0.6 is 11.6 Å². The van der Waals surface area contributed by atoms with Crippen LogP contribution in [0.5, 0.6) is 0 Å². The van der Waals surface area contributed by atoms with Crippen molar-refractivity contribution in [3.8, 4) is 11.1 Å². The summed E-state index contributed by atoms with van der Waals surface area (Å²) in [6.07, 6.45) is 5.47. The number of benzene rings is 1. The Morgan fingerprint density at radius 1 is 1.10 bits per heavy atom. The van der Waals surface area contributed by atoms with E-state index in [4.69, 9.17) is 16.7 Å². The summed E-state index contributed by atoms with van der Waals surface area (Å²) in [6, 6.07) is 9.04. The summed E-state index contributed by atoms with van der Waals surface area (Å²) in [5.41, 5.74) is 1.07. The van der Waals surface area contributed by atoms with Gasteiger partial charge in [-0.05, 0) is 36.6 Å². The largest absolute Gasteiger partial charge is 0.510 e. The van der Waals surface area contributed by atoms with Crippen LogP contribution in [0, 0.1) is 0 Å². The lowest BCUT2D eigenvalue weighted by Gasteiger charge is -2.41. The Kier molecular flexibility index (Phi) is 5.15. The number of aliphatic hydroxyl groups excluding tert-OH is 1. The molecule has 3 N–H and O–H groups in total. The Hall–Kier alpha value is -3.06. The molecule has 2 heterocycles. The van der Waals surface area contributed by atoms with Gasteiger partial charge in [0.2, 0.25) is 0 Å². The highest BCUT2D eigenvalue weighted by atomic mass is 35.5. The molecular formula is C22H21ClN2O5. The minimum atomic E-state index is -1.23. The van der Waals surface area contributed by atoms with Gasteiger partial charge in [0.15, 0.2) is 0 Å². The molecule has 1 spiro atoms. The van der Waals surface area contributed by atoms with E-state index in [0.717, 1.165) is 30.4 Å². The van der Waals surface area contributed by atoms with E-state index in [1.807, 2.05) is 12.1 Å². The van der Waals surface area contributed by atoms with Crippen LogP contribution < -0.4 is 5.32 Å². The molecule has 156 valence electrons. The molecule has 8 heteroatoms. The standard InChI is InChI=1S/C22H21ClN2O5/c23-14-6-4-13(5-7-14)15-8-11-25-18(15)22(9-2-1-3-10-22)19(28)17(21(25)30)20(29)24-12-16(26)27/h4-8,11,28H,1-3,9-10,12H2,(H,24,29)(H,26,27). The SMILES string of the molecule is O=C(O)CNC(=O)C1=C(O)C2(CCCCC2)c2c(-c3ccc(Cl)cc3)ccn2C1=O. The van der Waals surface area contributed by atoms with E-state index in [9.17, 15) is 19.5 Å². The Balaban J connectivity index is 1.88. The number of carboxylic acids is 1. The smallest absolute Gasteiger partial charge is 0.322 e. The average molecular weight is 429 g/mol. The molecule has 1 aromatic carbocycles. The van der Waals surface area contributed by atoms with Crippen molar-refractivity contribution in [2.24, 2.45) is 0 Å². The summed E-state index contributed by atoms with van der Waals surface area (Å²) >= 11 is 6.02. The van der Waals surface area contributed by atoms with Crippen LogP contribution in [0.2, 0.25) is 5.02 Å². The zero-order valence-electron chi connectivity index (χ0n) is 16.2. The number of nitrogens with one attached hydrogen (secondary N) is 1. The van der Waals surface area contributed by atoms with E-state index >= 15 is 0 Å².